The zero-order chi connectivity index (χ0) is 15.4. The normalized spacial score (nSPS) is 10.2. The van der Waals surface area contributed by atoms with Gasteiger partial charge in [0.05, 0.1) is 12.0 Å². The van der Waals surface area contributed by atoms with Crippen LogP contribution in [0.2, 0.25) is 10.0 Å². The SMILES string of the molecule is O=C(Cc1ccc(Cl)cc1)Nc1cc(Cl)cc(C(=O)O)c1. The fourth-order valence-corrected chi connectivity index (χ4v) is 2.14. The molecule has 0 atom stereocenters. The second kappa shape index (κ2) is 6.61. The Hall–Kier alpha value is -2.04. The molecule has 2 aromatic rings. The number of amides is 1. The van der Waals surface area contributed by atoms with Crippen LogP contribution in [0.15, 0.2) is 42.5 Å². The Morgan fingerprint density at radius 2 is 1.67 bits per heavy atom. The van der Waals surface area contributed by atoms with Crippen molar-refractivity contribution in [1.82, 2.24) is 0 Å². The van der Waals surface area contributed by atoms with Gasteiger partial charge in [0.1, 0.15) is 0 Å². The molecule has 0 spiro atoms. The zero-order valence-electron chi connectivity index (χ0n) is 10.8. The Bertz CT molecular complexity index is 684. The molecule has 0 saturated carbocycles. The molecule has 2 N–H and O–H groups in total. The van der Waals surface area contributed by atoms with E-state index in [1.54, 1.807) is 24.3 Å². The van der Waals surface area contributed by atoms with E-state index in [2.05, 4.69) is 5.32 Å². The van der Waals surface area contributed by atoms with Crippen molar-refractivity contribution in [2.75, 3.05) is 5.32 Å². The second-order valence-corrected chi connectivity index (χ2v) is 5.26. The van der Waals surface area contributed by atoms with Gasteiger partial charge in [-0.15, -0.1) is 0 Å². The molecule has 0 radical (unpaired) electrons. The fourth-order valence-electron chi connectivity index (χ4n) is 1.78. The molecule has 0 fully saturated rings. The summed E-state index contributed by atoms with van der Waals surface area (Å²) in [4.78, 5) is 22.9. The number of hydrogen-bond donors (Lipinski definition) is 2. The van der Waals surface area contributed by atoms with Gasteiger partial charge in [0, 0.05) is 15.7 Å². The summed E-state index contributed by atoms with van der Waals surface area (Å²) in [5.74, 6) is -1.37. The van der Waals surface area contributed by atoms with Gasteiger partial charge in [-0.25, -0.2) is 4.79 Å². The molecule has 0 unspecified atom stereocenters. The number of carbonyl (C=O) groups is 2. The smallest absolute Gasteiger partial charge is 0.335 e. The fraction of sp³-hybridized carbons (Fsp3) is 0.0667. The number of hydrogen-bond acceptors (Lipinski definition) is 2. The largest absolute Gasteiger partial charge is 0.478 e. The highest BCUT2D eigenvalue weighted by atomic mass is 35.5. The Balaban J connectivity index is 2.09. The summed E-state index contributed by atoms with van der Waals surface area (Å²) in [6.45, 7) is 0. The number of carboxylic acids is 1. The lowest BCUT2D eigenvalue weighted by Gasteiger charge is -2.07. The number of halogens is 2. The summed E-state index contributed by atoms with van der Waals surface area (Å²) in [5.41, 5.74) is 1.17. The van der Waals surface area contributed by atoms with Crippen molar-refractivity contribution in [2.45, 2.75) is 6.42 Å². The molecular formula is C15H11Cl2NO3. The molecular weight excluding hydrogens is 313 g/mol. The van der Waals surface area contributed by atoms with Gasteiger partial charge in [0.15, 0.2) is 0 Å². The van der Waals surface area contributed by atoms with E-state index in [-0.39, 0.29) is 22.9 Å². The topological polar surface area (TPSA) is 66.4 Å². The van der Waals surface area contributed by atoms with Crippen molar-refractivity contribution in [3.8, 4) is 0 Å². The standard InChI is InChI=1S/C15H11Cl2NO3/c16-11-3-1-9(2-4-11)5-14(19)18-13-7-10(15(20)21)6-12(17)8-13/h1-4,6-8H,5H2,(H,18,19)(H,20,21). The van der Waals surface area contributed by atoms with Crippen LogP contribution >= 0.6 is 23.2 Å². The van der Waals surface area contributed by atoms with Crippen LogP contribution in [-0.4, -0.2) is 17.0 Å². The molecule has 108 valence electrons. The number of carboxylic acid groups (broad SMARTS) is 1. The lowest BCUT2D eigenvalue weighted by atomic mass is 10.1. The maximum Gasteiger partial charge on any atom is 0.335 e. The summed E-state index contributed by atoms with van der Waals surface area (Å²) in [7, 11) is 0. The molecule has 0 aliphatic rings. The van der Waals surface area contributed by atoms with Gasteiger partial charge in [0.25, 0.3) is 0 Å². The lowest BCUT2D eigenvalue weighted by molar-refractivity contribution is -0.115. The highest BCUT2D eigenvalue weighted by Crippen LogP contribution is 2.19. The van der Waals surface area contributed by atoms with Crippen LogP contribution in [0.25, 0.3) is 0 Å². The Morgan fingerprint density at radius 3 is 2.29 bits per heavy atom. The summed E-state index contributed by atoms with van der Waals surface area (Å²) in [6, 6.07) is 11.1. The van der Waals surface area contributed by atoms with E-state index in [0.29, 0.717) is 10.7 Å². The first-order valence-corrected chi connectivity index (χ1v) is 6.78. The maximum atomic E-state index is 11.9. The van der Waals surface area contributed by atoms with Gasteiger partial charge < -0.3 is 10.4 Å². The number of benzene rings is 2. The predicted molar refractivity (Wildman–Crippen MR) is 82.2 cm³/mol. The van der Waals surface area contributed by atoms with Gasteiger partial charge in [-0.2, -0.15) is 0 Å². The first-order valence-electron chi connectivity index (χ1n) is 6.02. The van der Waals surface area contributed by atoms with Gasteiger partial charge >= 0.3 is 5.97 Å². The van der Waals surface area contributed by atoms with Crippen molar-refractivity contribution in [1.29, 1.82) is 0 Å². The molecule has 6 heteroatoms. The molecule has 4 nitrogen and oxygen atoms in total. The monoisotopic (exact) mass is 323 g/mol. The first-order chi connectivity index (χ1) is 9.94. The zero-order valence-corrected chi connectivity index (χ0v) is 12.3. The minimum Gasteiger partial charge on any atom is -0.478 e. The highest BCUT2D eigenvalue weighted by molar-refractivity contribution is 6.31. The Labute approximate surface area is 131 Å². The van der Waals surface area contributed by atoms with Gasteiger partial charge in [-0.3, -0.25) is 4.79 Å². The molecule has 21 heavy (non-hydrogen) atoms. The van der Waals surface area contributed by atoms with Crippen LogP contribution < -0.4 is 5.32 Å². The molecule has 0 aliphatic carbocycles. The van der Waals surface area contributed by atoms with Gasteiger partial charge in [-0.1, -0.05) is 35.3 Å². The number of rotatable bonds is 4. The van der Waals surface area contributed by atoms with Crippen LogP contribution in [0.3, 0.4) is 0 Å². The van der Waals surface area contributed by atoms with E-state index in [9.17, 15) is 9.59 Å². The van der Waals surface area contributed by atoms with Crippen molar-refractivity contribution in [2.24, 2.45) is 0 Å². The highest BCUT2D eigenvalue weighted by Gasteiger charge is 2.09. The first kappa shape index (κ1) is 15.4. The molecule has 1 amide bonds. The third-order valence-corrected chi connectivity index (χ3v) is 3.18. The van der Waals surface area contributed by atoms with E-state index in [1.807, 2.05) is 0 Å². The van der Waals surface area contributed by atoms with Crippen molar-refractivity contribution < 1.29 is 14.7 Å². The summed E-state index contributed by atoms with van der Waals surface area (Å²) < 4.78 is 0. The molecule has 0 bridgehead atoms. The molecule has 0 saturated heterocycles. The molecule has 0 heterocycles. The maximum absolute atomic E-state index is 11.9. The van der Waals surface area contributed by atoms with Crippen LogP contribution in [0.4, 0.5) is 5.69 Å². The van der Waals surface area contributed by atoms with E-state index in [0.717, 1.165) is 5.56 Å². The minimum absolute atomic E-state index is 0.0179. The molecule has 2 aromatic carbocycles. The summed E-state index contributed by atoms with van der Waals surface area (Å²) >= 11 is 11.6. The van der Waals surface area contributed by atoms with E-state index in [1.165, 1.54) is 18.2 Å². The van der Waals surface area contributed by atoms with Gasteiger partial charge in [-0.05, 0) is 35.9 Å². The third kappa shape index (κ3) is 4.48. The number of carbonyl (C=O) groups excluding carboxylic acids is 1. The molecule has 0 aromatic heterocycles. The minimum atomic E-state index is -1.11. The van der Waals surface area contributed by atoms with E-state index < -0.39 is 5.97 Å². The quantitative estimate of drug-likeness (QED) is 0.897. The van der Waals surface area contributed by atoms with Gasteiger partial charge in [0.2, 0.25) is 5.91 Å². The number of nitrogens with one attached hydrogen (secondary N) is 1. The second-order valence-electron chi connectivity index (χ2n) is 4.39. The van der Waals surface area contributed by atoms with E-state index >= 15 is 0 Å². The Morgan fingerprint density at radius 1 is 1.00 bits per heavy atom. The Kier molecular flexibility index (Phi) is 4.83. The predicted octanol–water partition coefficient (Wildman–Crippen LogP) is 3.87. The van der Waals surface area contributed by atoms with Crippen molar-refractivity contribution in [3.63, 3.8) is 0 Å². The summed E-state index contributed by atoms with van der Waals surface area (Å²) in [6.07, 6.45) is 0.159. The number of aromatic carboxylic acids is 1. The van der Waals surface area contributed by atoms with Crippen molar-refractivity contribution >= 4 is 40.8 Å². The van der Waals surface area contributed by atoms with Crippen molar-refractivity contribution in [3.05, 3.63) is 63.6 Å². The van der Waals surface area contributed by atoms with Crippen LogP contribution in [-0.2, 0) is 11.2 Å². The average Bonchev–Trinajstić information content (AvgIpc) is 2.40. The lowest BCUT2D eigenvalue weighted by Crippen LogP contribution is -2.14. The third-order valence-electron chi connectivity index (χ3n) is 2.71. The van der Waals surface area contributed by atoms with Crippen LogP contribution in [0, 0.1) is 0 Å². The number of anilines is 1. The van der Waals surface area contributed by atoms with E-state index in [4.69, 9.17) is 28.3 Å². The molecule has 0 aliphatic heterocycles. The summed E-state index contributed by atoms with van der Waals surface area (Å²) in [5, 5.41) is 12.4. The average molecular weight is 324 g/mol. The van der Waals surface area contributed by atoms with Crippen LogP contribution in [0.1, 0.15) is 15.9 Å². The molecule has 2 rings (SSSR count). The van der Waals surface area contributed by atoms with Crippen LogP contribution in [0.5, 0.6) is 0 Å².